The van der Waals surface area contributed by atoms with Crippen LogP contribution in [0.3, 0.4) is 0 Å². The average Bonchev–Trinajstić information content (AvgIpc) is 3.11. The van der Waals surface area contributed by atoms with Crippen LogP contribution in [0, 0.1) is 16.7 Å². The van der Waals surface area contributed by atoms with E-state index in [4.69, 9.17) is 34.5 Å². The number of nitriles is 1. The lowest BCUT2D eigenvalue weighted by Gasteiger charge is -2.32. The molecule has 0 amide bonds. The molecule has 2 fully saturated rings. The molecule has 3 rings (SSSR count). The number of hydrogen-bond acceptors (Lipinski definition) is 7. The molecule has 1 unspecified atom stereocenters. The number of carbonyl (C=O) groups is 2. The highest BCUT2D eigenvalue weighted by molar-refractivity contribution is 5.73. The minimum Gasteiger partial charge on any atom is -0.475 e. The summed E-state index contributed by atoms with van der Waals surface area (Å²) in [5, 5.41) is 23.3. The van der Waals surface area contributed by atoms with Crippen LogP contribution in [-0.2, 0) is 25.6 Å². The molecule has 2 aliphatic heterocycles. The van der Waals surface area contributed by atoms with Crippen molar-refractivity contribution in [1.29, 1.82) is 5.26 Å². The van der Waals surface area contributed by atoms with Crippen molar-refractivity contribution < 1.29 is 55.6 Å². The van der Waals surface area contributed by atoms with Gasteiger partial charge in [-0.25, -0.2) is 9.59 Å². The fourth-order valence-corrected chi connectivity index (χ4v) is 3.90. The zero-order valence-electron chi connectivity index (χ0n) is 20.5. The van der Waals surface area contributed by atoms with Gasteiger partial charge in [0.25, 0.3) is 0 Å². The SMILES string of the molecule is COCCN1CCC2(COCCN(Cc3cccc(C#N)c3)C2)C1.O=C(O)C(F)(F)F.O=C(O)C(F)(F)F. The molecule has 2 aliphatic rings. The number of alkyl halides is 6. The van der Waals surface area contributed by atoms with E-state index in [1.165, 1.54) is 12.0 Å². The molecule has 214 valence electrons. The highest BCUT2D eigenvalue weighted by Crippen LogP contribution is 2.33. The minimum atomic E-state index is -5.08. The number of benzene rings is 1. The Balaban J connectivity index is 0.000000426. The average molecular weight is 557 g/mol. The van der Waals surface area contributed by atoms with Gasteiger partial charge in [0, 0.05) is 45.2 Å². The van der Waals surface area contributed by atoms with Crippen molar-refractivity contribution in [1.82, 2.24) is 9.80 Å². The Morgan fingerprint density at radius 1 is 1.08 bits per heavy atom. The number of likely N-dealkylation sites (tertiary alicyclic amines) is 1. The minimum absolute atomic E-state index is 0.233. The van der Waals surface area contributed by atoms with Gasteiger partial charge in [-0.05, 0) is 30.7 Å². The standard InChI is InChI=1S/C19H27N3O2.2C2HF3O2/c1-23-9-7-21-6-5-19(14-21)15-22(8-10-24-16-19)13-18-4-2-3-17(11-18)12-20;2*3-2(4,5)1(6)7/h2-4,11H,5-10,13-16H2,1H3;2*(H,6,7). The van der Waals surface area contributed by atoms with E-state index >= 15 is 0 Å². The van der Waals surface area contributed by atoms with Crippen molar-refractivity contribution in [3.05, 3.63) is 35.4 Å². The molecule has 9 nitrogen and oxygen atoms in total. The Hall–Kier alpha value is -2.93. The highest BCUT2D eigenvalue weighted by Gasteiger charge is 2.41. The second-order valence-corrected chi connectivity index (χ2v) is 8.70. The van der Waals surface area contributed by atoms with Crippen LogP contribution in [0.2, 0.25) is 0 Å². The van der Waals surface area contributed by atoms with E-state index < -0.39 is 24.3 Å². The quantitative estimate of drug-likeness (QED) is 0.526. The number of carboxylic acids is 2. The largest absolute Gasteiger partial charge is 0.490 e. The first-order valence-corrected chi connectivity index (χ1v) is 11.2. The molecule has 1 aromatic carbocycles. The third kappa shape index (κ3) is 12.1. The van der Waals surface area contributed by atoms with Crippen LogP contribution in [0.4, 0.5) is 26.3 Å². The van der Waals surface area contributed by atoms with Crippen molar-refractivity contribution in [2.45, 2.75) is 25.3 Å². The predicted molar refractivity (Wildman–Crippen MR) is 120 cm³/mol. The van der Waals surface area contributed by atoms with Gasteiger partial charge >= 0.3 is 24.3 Å². The molecule has 38 heavy (non-hydrogen) atoms. The fourth-order valence-electron chi connectivity index (χ4n) is 3.90. The van der Waals surface area contributed by atoms with Gasteiger partial charge in [-0.3, -0.25) is 4.90 Å². The molecular weight excluding hydrogens is 528 g/mol. The lowest BCUT2D eigenvalue weighted by molar-refractivity contribution is -0.193. The van der Waals surface area contributed by atoms with E-state index in [0.29, 0.717) is 0 Å². The summed E-state index contributed by atoms with van der Waals surface area (Å²) >= 11 is 0. The van der Waals surface area contributed by atoms with Gasteiger partial charge in [-0.2, -0.15) is 31.6 Å². The van der Waals surface area contributed by atoms with Gasteiger partial charge in [0.05, 0.1) is 31.5 Å². The predicted octanol–water partition coefficient (Wildman–Crippen LogP) is 3.00. The van der Waals surface area contributed by atoms with Crippen LogP contribution < -0.4 is 0 Å². The summed E-state index contributed by atoms with van der Waals surface area (Å²) in [7, 11) is 1.76. The number of nitrogens with zero attached hydrogens (tertiary/aromatic N) is 3. The first kappa shape index (κ1) is 33.1. The number of ether oxygens (including phenoxy) is 2. The summed E-state index contributed by atoms with van der Waals surface area (Å²) in [4.78, 5) is 22.8. The number of carboxylic acid groups (broad SMARTS) is 2. The normalized spacial score (nSPS) is 20.4. The van der Waals surface area contributed by atoms with E-state index in [2.05, 4.69) is 21.9 Å². The first-order chi connectivity index (χ1) is 17.6. The zero-order chi connectivity index (χ0) is 29.0. The topological polar surface area (TPSA) is 123 Å². The van der Waals surface area contributed by atoms with Gasteiger partial charge in [0.2, 0.25) is 0 Å². The molecule has 0 saturated carbocycles. The highest BCUT2D eigenvalue weighted by atomic mass is 19.4. The number of methoxy groups -OCH3 is 1. The van der Waals surface area contributed by atoms with E-state index in [0.717, 1.165) is 64.7 Å². The smallest absolute Gasteiger partial charge is 0.475 e. The van der Waals surface area contributed by atoms with Gasteiger partial charge in [-0.15, -0.1) is 0 Å². The molecule has 2 heterocycles. The summed E-state index contributed by atoms with van der Waals surface area (Å²) in [6.07, 6.45) is -8.98. The summed E-state index contributed by atoms with van der Waals surface area (Å²) < 4.78 is 74.6. The molecule has 0 radical (unpaired) electrons. The Bertz CT molecular complexity index is 929. The van der Waals surface area contributed by atoms with Crippen molar-refractivity contribution in [3.8, 4) is 6.07 Å². The Morgan fingerprint density at radius 3 is 2.18 bits per heavy atom. The Morgan fingerprint density at radius 2 is 1.66 bits per heavy atom. The van der Waals surface area contributed by atoms with Crippen molar-refractivity contribution in [2.75, 3.05) is 59.7 Å². The maximum atomic E-state index is 10.6. The van der Waals surface area contributed by atoms with Crippen molar-refractivity contribution in [2.24, 2.45) is 5.41 Å². The van der Waals surface area contributed by atoms with Crippen LogP contribution in [-0.4, -0.2) is 104 Å². The number of hydrogen-bond donors (Lipinski definition) is 2. The van der Waals surface area contributed by atoms with Crippen molar-refractivity contribution in [3.63, 3.8) is 0 Å². The van der Waals surface area contributed by atoms with Gasteiger partial charge in [0.1, 0.15) is 0 Å². The van der Waals surface area contributed by atoms with E-state index in [9.17, 15) is 26.3 Å². The molecule has 2 N–H and O–H groups in total. The van der Waals surface area contributed by atoms with Crippen LogP contribution >= 0.6 is 0 Å². The zero-order valence-corrected chi connectivity index (χ0v) is 20.5. The summed E-state index contributed by atoms with van der Waals surface area (Å²) in [5.74, 6) is -5.51. The molecule has 15 heteroatoms. The third-order valence-electron chi connectivity index (χ3n) is 5.60. The number of halogens is 6. The lowest BCUT2D eigenvalue weighted by Crippen LogP contribution is -2.40. The maximum Gasteiger partial charge on any atom is 0.490 e. The summed E-state index contributed by atoms with van der Waals surface area (Å²) in [6.45, 7) is 8.56. The second kappa shape index (κ2) is 14.9. The second-order valence-electron chi connectivity index (χ2n) is 8.70. The molecule has 1 aromatic rings. The number of aliphatic carboxylic acids is 2. The van der Waals surface area contributed by atoms with E-state index in [1.54, 1.807) is 7.11 Å². The van der Waals surface area contributed by atoms with E-state index in [1.807, 2.05) is 18.2 Å². The molecule has 2 saturated heterocycles. The molecule has 1 atom stereocenters. The van der Waals surface area contributed by atoms with Gasteiger partial charge < -0.3 is 24.6 Å². The molecule has 1 spiro atoms. The fraction of sp³-hybridized carbons (Fsp3) is 0.609. The van der Waals surface area contributed by atoms with E-state index in [-0.39, 0.29) is 5.41 Å². The number of rotatable bonds is 5. The monoisotopic (exact) mass is 557 g/mol. The summed E-state index contributed by atoms with van der Waals surface area (Å²) in [5.41, 5.74) is 2.18. The molecular formula is C23H29F6N3O6. The molecule has 0 aromatic heterocycles. The van der Waals surface area contributed by atoms with Gasteiger partial charge in [0.15, 0.2) is 0 Å². The summed E-state index contributed by atoms with van der Waals surface area (Å²) in [6, 6.07) is 10.2. The Kier molecular flexibility index (Phi) is 12.9. The van der Waals surface area contributed by atoms with Crippen molar-refractivity contribution >= 4 is 11.9 Å². The third-order valence-corrected chi connectivity index (χ3v) is 5.60. The maximum absolute atomic E-state index is 10.6. The first-order valence-electron chi connectivity index (χ1n) is 11.2. The molecule has 0 aliphatic carbocycles. The van der Waals surface area contributed by atoms with Crippen LogP contribution in [0.1, 0.15) is 17.5 Å². The molecule has 0 bridgehead atoms. The van der Waals surface area contributed by atoms with Crippen LogP contribution in [0.15, 0.2) is 24.3 Å². The lowest BCUT2D eigenvalue weighted by atomic mass is 9.87. The van der Waals surface area contributed by atoms with Crippen LogP contribution in [0.5, 0.6) is 0 Å². The van der Waals surface area contributed by atoms with Crippen LogP contribution in [0.25, 0.3) is 0 Å². The Labute approximate surface area is 215 Å². The van der Waals surface area contributed by atoms with Gasteiger partial charge in [-0.1, -0.05) is 12.1 Å².